The standard InChI is InChI=1S/C14H20N2OS/c17-14(15-8-11-3-4-11)9-16-6-1-2-13(16)12-5-7-18-10-12/h5,7,10-11,13H,1-4,6,8-9H2,(H,15,17)/t13-/m1/s1. The zero-order chi connectivity index (χ0) is 12.4. The molecule has 1 aliphatic heterocycles. The molecule has 0 bridgehead atoms. The first-order valence-corrected chi connectivity index (χ1v) is 7.80. The first-order chi connectivity index (χ1) is 8.83. The second kappa shape index (κ2) is 5.41. The van der Waals surface area contributed by atoms with Crippen molar-refractivity contribution >= 4 is 17.2 Å². The topological polar surface area (TPSA) is 32.3 Å². The summed E-state index contributed by atoms with van der Waals surface area (Å²) in [6, 6.07) is 2.65. The van der Waals surface area contributed by atoms with Crippen LogP contribution in [0.5, 0.6) is 0 Å². The average Bonchev–Trinajstić information content (AvgIpc) is 2.85. The molecule has 1 aromatic heterocycles. The monoisotopic (exact) mass is 264 g/mol. The van der Waals surface area contributed by atoms with Crippen LogP contribution in [-0.4, -0.2) is 30.4 Å². The highest BCUT2D eigenvalue weighted by Crippen LogP contribution is 2.32. The van der Waals surface area contributed by atoms with Crippen LogP contribution in [0.25, 0.3) is 0 Å². The van der Waals surface area contributed by atoms with Gasteiger partial charge in [0, 0.05) is 12.6 Å². The van der Waals surface area contributed by atoms with E-state index in [-0.39, 0.29) is 5.91 Å². The van der Waals surface area contributed by atoms with Crippen molar-refractivity contribution in [1.29, 1.82) is 0 Å². The predicted molar refractivity (Wildman–Crippen MR) is 73.6 cm³/mol. The van der Waals surface area contributed by atoms with Crippen molar-refractivity contribution < 1.29 is 4.79 Å². The van der Waals surface area contributed by atoms with Crippen LogP contribution in [0.1, 0.15) is 37.3 Å². The lowest BCUT2D eigenvalue weighted by atomic mass is 10.1. The van der Waals surface area contributed by atoms with E-state index in [1.807, 2.05) is 0 Å². The highest BCUT2D eigenvalue weighted by atomic mass is 32.1. The van der Waals surface area contributed by atoms with Crippen molar-refractivity contribution in [2.24, 2.45) is 5.92 Å². The third-order valence-corrected chi connectivity index (χ3v) is 4.62. The zero-order valence-electron chi connectivity index (χ0n) is 10.6. The quantitative estimate of drug-likeness (QED) is 0.886. The summed E-state index contributed by atoms with van der Waals surface area (Å²) in [6.07, 6.45) is 4.98. The van der Waals surface area contributed by atoms with E-state index in [9.17, 15) is 4.79 Å². The van der Waals surface area contributed by atoms with Gasteiger partial charge in [-0.05, 0) is 60.5 Å². The minimum Gasteiger partial charge on any atom is -0.355 e. The number of hydrogen-bond acceptors (Lipinski definition) is 3. The van der Waals surface area contributed by atoms with Gasteiger partial charge in [-0.15, -0.1) is 0 Å². The summed E-state index contributed by atoms with van der Waals surface area (Å²) in [6.45, 7) is 2.50. The maximum absolute atomic E-state index is 11.9. The van der Waals surface area contributed by atoms with Crippen LogP contribution in [0.3, 0.4) is 0 Å². The summed E-state index contributed by atoms with van der Waals surface area (Å²) < 4.78 is 0. The number of rotatable bonds is 5. The van der Waals surface area contributed by atoms with Crippen LogP contribution in [0.15, 0.2) is 16.8 Å². The molecule has 4 heteroatoms. The summed E-state index contributed by atoms with van der Waals surface area (Å²) in [5, 5.41) is 7.40. The van der Waals surface area contributed by atoms with Gasteiger partial charge in [-0.25, -0.2) is 0 Å². The van der Waals surface area contributed by atoms with E-state index in [1.54, 1.807) is 11.3 Å². The second-order valence-corrected chi connectivity index (χ2v) is 6.21. The molecule has 2 fully saturated rings. The van der Waals surface area contributed by atoms with Gasteiger partial charge < -0.3 is 5.32 Å². The Hall–Kier alpha value is -0.870. The molecule has 1 amide bonds. The average molecular weight is 264 g/mol. The molecule has 98 valence electrons. The van der Waals surface area contributed by atoms with Crippen LogP contribution in [-0.2, 0) is 4.79 Å². The van der Waals surface area contributed by atoms with E-state index in [0.29, 0.717) is 12.6 Å². The number of carbonyl (C=O) groups excluding carboxylic acids is 1. The van der Waals surface area contributed by atoms with Crippen molar-refractivity contribution in [1.82, 2.24) is 10.2 Å². The van der Waals surface area contributed by atoms with Crippen molar-refractivity contribution in [3.05, 3.63) is 22.4 Å². The molecule has 1 saturated heterocycles. The van der Waals surface area contributed by atoms with Gasteiger partial charge in [0.05, 0.1) is 6.54 Å². The number of carbonyl (C=O) groups is 1. The fourth-order valence-electron chi connectivity index (χ4n) is 2.68. The lowest BCUT2D eigenvalue weighted by Crippen LogP contribution is -2.37. The molecule has 3 rings (SSSR count). The van der Waals surface area contributed by atoms with Crippen LogP contribution in [0.2, 0.25) is 0 Å². The number of nitrogens with one attached hydrogen (secondary N) is 1. The first kappa shape index (κ1) is 12.2. The Morgan fingerprint density at radius 3 is 3.06 bits per heavy atom. The molecule has 1 aromatic rings. The van der Waals surface area contributed by atoms with Gasteiger partial charge in [0.1, 0.15) is 0 Å². The van der Waals surface area contributed by atoms with Gasteiger partial charge in [-0.2, -0.15) is 11.3 Å². The number of nitrogens with zero attached hydrogens (tertiary/aromatic N) is 1. The molecule has 0 spiro atoms. The maximum Gasteiger partial charge on any atom is 0.234 e. The predicted octanol–water partition coefficient (Wildman–Crippen LogP) is 2.41. The third kappa shape index (κ3) is 2.93. The maximum atomic E-state index is 11.9. The molecule has 2 aliphatic rings. The summed E-state index contributed by atoms with van der Waals surface area (Å²) >= 11 is 1.74. The van der Waals surface area contributed by atoms with Crippen molar-refractivity contribution in [2.45, 2.75) is 31.7 Å². The van der Waals surface area contributed by atoms with Gasteiger partial charge in [0.15, 0.2) is 0 Å². The third-order valence-electron chi connectivity index (χ3n) is 3.92. The molecule has 0 unspecified atom stereocenters. The van der Waals surface area contributed by atoms with Gasteiger partial charge in [0.25, 0.3) is 0 Å². The van der Waals surface area contributed by atoms with E-state index < -0.39 is 0 Å². The molecule has 0 radical (unpaired) electrons. The Balaban J connectivity index is 1.52. The molecule has 2 heterocycles. The lowest BCUT2D eigenvalue weighted by Gasteiger charge is -2.23. The van der Waals surface area contributed by atoms with Crippen molar-refractivity contribution in [3.8, 4) is 0 Å². The van der Waals surface area contributed by atoms with Crippen LogP contribution < -0.4 is 5.32 Å². The minimum absolute atomic E-state index is 0.198. The fraction of sp³-hybridized carbons (Fsp3) is 0.643. The highest BCUT2D eigenvalue weighted by molar-refractivity contribution is 7.07. The highest BCUT2D eigenvalue weighted by Gasteiger charge is 2.28. The smallest absolute Gasteiger partial charge is 0.234 e. The second-order valence-electron chi connectivity index (χ2n) is 5.43. The number of amides is 1. The Bertz CT molecular complexity index is 400. The molecule has 3 nitrogen and oxygen atoms in total. The largest absolute Gasteiger partial charge is 0.355 e. The molecular formula is C14H20N2OS. The number of hydrogen-bond donors (Lipinski definition) is 1. The lowest BCUT2D eigenvalue weighted by molar-refractivity contribution is -0.122. The molecule has 18 heavy (non-hydrogen) atoms. The molecule has 1 aliphatic carbocycles. The molecule has 0 aromatic carbocycles. The Morgan fingerprint density at radius 2 is 2.33 bits per heavy atom. The number of thiophene rings is 1. The summed E-state index contributed by atoms with van der Waals surface area (Å²) in [4.78, 5) is 14.2. The molecule has 1 saturated carbocycles. The van der Waals surface area contributed by atoms with Gasteiger partial charge in [0.2, 0.25) is 5.91 Å². The Labute approximate surface area is 112 Å². The van der Waals surface area contributed by atoms with E-state index in [2.05, 4.69) is 27.0 Å². The van der Waals surface area contributed by atoms with Crippen molar-refractivity contribution in [2.75, 3.05) is 19.6 Å². The normalized spacial score (nSPS) is 24.3. The van der Waals surface area contributed by atoms with E-state index in [4.69, 9.17) is 0 Å². The minimum atomic E-state index is 0.198. The SMILES string of the molecule is O=C(CN1CCC[C@@H]1c1ccsc1)NCC1CC1. The summed E-state index contributed by atoms with van der Waals surface area (Å²) in [5.41, 5.74) is 1.38. The molecular weight excluding hydrogens is 244 g/mol. The van der Waals surface area contributed by atoms with Gasteiger partial charge in [-0.3, -0.25) is 9.69 Å². The Kier molecular flexibility index (Phi) is 3.66. The van der Waals surface area contributed by atoms with Crippen molar-refractivity contribution in [3.63, 3.8) is 0 Å². The van der Waals surface area contributed by atoms with Gasteiger partial charge >= 0.3 is 0 Å². The van der Waals surface area contributed by atoms with Crippen LogP contribution in [0.4, 0.5) is 0 Å². The molecule has 1 N–H and O–H groups in total. The van der Waals surface area contributed by atoms with Crippen LogP contribution >= 0.6 is 11.3 Å². The zero-order valence-corrected chi connectivity index (χ0v) is 11.4. The van der Waals surface area contributed by atoms with E-state index in [0.717, 1.165) is 19.0 Å². The van der Waals surface area contributed by atoms with E-state index >= 15 is 0 Å². The van der Waals surface area contributed by atoms with Crippen LogP contribution in [0, 0.1) is 5.92 Å². The van der Waals surface area contributed by atoms with Gasteiger partial charge in [-0.1, -0.05) is 0 Å². The summed E-state index contributed by atoms with van der Waals surface area (Å²) in [7, 11) is 0. The first-order valence-electron chi connectivity index (χ1n) is 6.86. The fourth-order valence-corrected chi connectivity index (χ4v) is 3.39. The summed E-state index contributed by atoms with van der Waals surface area (Å²) in [5.74, 6) is 0.962. The Morgan fingerprint density at radius 1 is 1.44 bits per heavy atom. The molecule has 1 atom stereocenters. The number of likely N-dealkylation sites (tertiary alicyclic amines) is 1. The van der Waals surface area contributed by atoms with E-state index in [1.165, 1.54) is 31.2 Å².